The highest BCUT2D eigenvalue weighted by Crippen LogP contribution is 2.36. The Bertz CT molecular complexity index is 1200. The second kappa shape index (κ2) is 10.8. The van der Waals surface area contributed by atoms with Crippen molar-refractivity contribution in [1.82, 2.24) is 14.1 Å². The van der Waals surface area contributed by atoms with Gasteiger partial charge in [0, 0.05) is 48.6 Å². The fourth-order valence-corrected chi connectivity index (χ4v) is 3.60. The average molecular weight is 502 g/mol. The molecule has 8 nitrogen and oxygen atoms in total. The van der Waals surface area contributed by atoms with E-state index in [9.17, 15) is 18.4 Å². The van der Waals surface area contributed by atoms with E-state index >= 15 is 0 Å². The van der Waals surface area contributed by atoms with Crippen molar-refractivity contribution in [1.29, 1.82) is 0 Å². The van der Waals surface area contributed by atoms with E-state index in [4.69, 9.17) is 32.9 Å². The molecular formula is C21H19Cl2F2N3O5. The van der Waals surface area contributed by atoms with Crippen molar-refractivity contribution in [3.63, 3.8) is 0 Å². The zero-order valence-electron chi connectivity index (χ0n) is 17.5. The summed E-state index contributed by atoms with van der Waals surface area (Å²) in [7, 11) is 2.83. The molecule has 3 rings (SSSR count). The first-order chi connectivity index (χ1) is 15.8. The van der Waals surface area contributed by atoms with Gasteiger partial charge in [-0.1, -0.05) is 11.6 Å². The molecule has 0 aliphatic carbocycles. The van der Waals surface area contributed by atoms with Crippen LogP contribution in [0.25, 0.3) is 16.8 Å². The number of hydrogen-bond acceptors (Lipinski definition) is 6. The lowest BCUT2D eigenvalue weighted by molar-refractivity contribution is -0.138. The maximum absolute atomic E-state index is 13.0. The number of methoxy groups -OCH3 is 2. The second-order valence-electron chi connectivity index (χ2n) is 6.86. The molecule has 176 valence electrons. The highest BCUT2D eigenvalue weighted by molar-refractivity contribution is 6.31. The van der Waals surface area contributed by atoms with Crippen LogP contribution in [-0.2, 0) is 13.8 Å². The van der Waals surface area contributed by atoms with Gasteiger partial charge in [-0.25, -0.2) is 18.6 Å². The number of halogens is 4. The molecule has 1 aromatic carbocycles. The summed E-state index contributed by atoms with van der Waals surface area (Å²) < 4.78 is 43.4. The highest BCUT2D eigenvalue weighted by Gasteiger charge is 2.25. The molecule has 0 bridgehead atoms. The van der Waals surface area contributed by atoms with Gasteiger partial charge in [0.25, 0.3) is 12.0 Å². The van der Waals surface area contributed by atoms with Crippen molar-refractivity contribution in [2.45, 2.75) is 18.9 Å². The van der Waals surface area contributed by atoms with Gasteiger partial charge >= 0.3 is 5.97 Å². The fourth-order valence-electron chi connectivity index (χ4n) is 3.33. The fraction of sp³-hybridized carbons (Fsp3) is 0.286. The molecule has 0 radical (unpaired) electrons. The largest absolute Gasteiger partial charge is 0.495 e. The quantitative estimate of drug-likeness (QED) is 0.426. The van der Waals surface area contributed by atoms with Gasteiger partial charge in [0.15, 0.2) is 0 Å². The van der Waals surface area contributed by atoms with Crippen LogP contribution in [0.3, 0.4) is 0 Å². The number of hydrogen-bond donors (Lipinski definition) is 0. The summed E-state index contributed by atoms with van der Waals surface area (Å²) in [6.45, 7) is 0.165. The lowest BCUT2D eigenvalue weighted by Gasteiger charge is -2.20. The van der Waals surface area contributed by atoms with E-state index in [2.05, 4.69) is 9.27 Å². The van der Waals surface area contributed by atoms with Gasteiger partial charge in [0.1, 0.15) is 29.4 Å². The molecule has 0 amide bonds. The number of carbonyl (C=O) groups excluding carboxylic acids is 1. The monoisotopic (exact) mass is 501 g/mol. The lowest BCUT2D eigenvalue weighted by Crippen LogP contribution is -2.30. The zero-order chi connectivity index (χ0) is 24.1. The molecule has 0 spiro atoms. The van der Waals surface area contributed by atoms with E-state index in [1.807, 2.05) is 0 Å². The first-order valence-corrected chi connectivity index (χ1v) is 10.2. The number of imidazole rings is 1. The predicted octanol–water partition coefficient (Wildman–Crippen LogP) is 4.58. The molecule has 2 aromatic heterocycles. The molecule has 33 heavy (non-hydrogen) atoms. The summed E-state index contributed by atoms with van der Waals surface area (Å²) in [5.74, 6) is -0.621. The number of alkyl halides is 2. The van der Waals surface area contributed by atoms with Gasteiger partial charge in [-0.3, -0.25) is 9.36 Å². The smallest absolute Gasteiger partial charge is 0.347 e. The second-order valence-corrected chi connectivity index (χ2v) is 7.45. The minimum atomic E-state index is -2.74. The van der Waals surface area contributed by atoms with E-state index in [0.29, 0.717) is 21.8 Å². The van der Waals surface area contributed by atoms with Gasteiger partial charge < -0.3 is 18.3 Å². The van der Waals surface area contributed by atoms with Gasteiger partial charge in [-0.05, 0) is 18.2 Å². The zero-order valence-corrected chi connectivity index (χ0v) is 19.0. The van der Waals surface area contributed by atoms with Crippen LogP contribution in [0, 0.1) is 0 Å². The van der Waals surface area contributed by atoms with Crippen molar-refractivity contribution in [2.24, 2.45) is 0 Å². The van der Waals surface area contributed by atoms with Crippen LogP contribution in [0.2, 0.25) is 5.02 Å². The summed E-state index contributed by atoms with van der Waals surface area (Å²) in [4.78, 5) is 28.9. The summed E-state index contributed by atoms with van der Waals surface area (Å²) in [6, 6.07) is 4.94. The molecule has 0 saturated heterocycles. The number of benzene rings is 1. The summed E-state index contributed by atoms with van der Waals surface area (Å²) in [5, 5.41) is 0.345. The summed E-state index contributed by atoms with van der Waals surface area (Å²) in [6.07, 6.45) is 1.14. The lowest BCUT2D eigenvalue weighted by atomic mass is 10.0. The van der Waals surface area contributed by atoms with Gasteiger partial charge in [-0.15, -0.1) is 0 Å². The molecule has 12 heteroatoms. The maximum atomic E-state index is 13.0. The summed E-state index contributed by atoms with van der Waals surface area (Å²) in [5.41, 5.74) is 0.228. The Morgan fingerprint density at radius 2 is 1.94 bits per heavy atom. The van der Waals surface area contributed by atoms with Crippen LogP contribution < -0.4 is 10.3 Å². The Morgan fingerprint density at radius 1 is 1.18 bits per heavy atom. The molecule has 3 aromatic rings. The van der Waals surface area contributed by atoms with Gasteiger partial charge in [-0.2, -0.15) is 0 Å². The molecule has 0 aliphatic heterocycles. The molecule has 1 atom stereocenters. The van der Waals surface area contributed by atoms with Crippen molar-refractivity contribution in [3.05, 3.63) is 64.1 Å². The molecule has 2 heterocycles. The van der Waals surface area contributed by atoms with E-state index in [1.54, 1.807) is 18.2 Å². The average Bonchev–Trinajstić information content (AvgIpc) is 3.30. The summed E-state index contributed by atoms with van der Waals surface area (Å²) >= 11 is 11.4. The Labute approximate surface area is 197 Å². The van der Waals surface area contributed by atoms with E-state index in [-0.39, 0.29) is 18.8 Å². The minimum Gasteiger partial charge on any atom is -0.495 e. The SMILES string of the molecule is COCCC(C(=O)OCl)n1cc(OC)c(-c2cc(Cl)ccc2-n2cnc(C(F)F)c2)cc1=O. The van der Waals surface area contributed by atoms with Crippen LogP contribution in [0.4, 0.5) is 8.78 Å². The first kappa shape index (κ1) is 24.7. The third-order valence-electron chi connectivity index (χ3n) is 4.90. The van der Waals surface area contributed by atoms with Gasteiger partial charge in [0.05, 0.1) is 25.3 Å². The Hall–Kier alpha value is -2.95. The third kappa shape index (κ3) is 5.35. The molecule has 0 N–H and O–H groups in total. The first-order valence-electron chi connectivity index (χ1n) is 9.54. The topological polar surface area (TPSA) is 84.6 Å². The number of aromatic nitrogens is 3. The minimum absolute atomic E-state index is 0.123. The predicted molar refractivity (Wildman–Crippen MR) is 117 cm³/mol. The van der Waals surface area contributed by atoms with Crippen LogP contribution in [0.15, 0.2) is 47.8 Å². The van der Waals surface area contributed by atoms with E-state index < -0.39 is 29.7 Å². The highest BCUT2D eigenvalue weighted by atomic mass is 35.5. The van der Waals surface area contributed by atoms with E-state index in [1.165, 1.54) is 43.6 Å². The van der Waals surface area contributed by atoms with Gasteiger partial charge in [0.2, 0.25) is 0 Å². The van der Waals surface area contributed by atoms with Crippen LogP contribution in [-0.4, -0.2) is 40.9 Å². The Balaban J connectivity index is 2.17. The number of nitrogens with zero attached hydrogens (tertiary/aromatic N) is 3. The van der Waals surface area contributed by atoms with Crippen molar-refractivity contribution in [2.75, 3.05) is 20.8 Å². The number of pyridine rings is 1. The standard InChI is InChI=1S/C21H19Cl2F2N3O5/c1-31-6-5-17(21(30)33-23)28-10-18(32-2)14(8-19(28)29)13-7-12(22)3-4-16(13)27-9-15(20(24)25)26-11-27/h3-4,7-11,17,20H,5-6H2,1-2H3. The molecule has 0 saturated carbocycles. The Morgan fingerprint density at radius 3 is 2.55 bits per heavy atom. The Kier molecular flexibility index (Phi) is 8.06. The van der Waals surface area contributed by atoms with Crippen molar-refractivity contribution < 1.29 is 27.3 Å². The van der Waals surface area contributed by atoms with E-state index in [0.717, 1.165) is 4.57 Å². The third-order valence-corrected chi connectivity index (χ3v) is 5.28. The number of rotatable bonds is 9. The molecule has 0 fully saturated rings. The number of ether oxygens (including phenoxy) is 2. The molecule has 1 unspecified atom stereocenters. The normalized spacial score (nSPS) is 12.1. The van der Waals surface area contributed by atoms with Crippen LogP contribution in [0.1, 0.15) is 24.6 Å². The maximum Gasteiger partial charge on any atom is 0.347 e. The molecule has 0 aliphatic rings. The van der Waals surface area contributed by atoms with Crippen LogP contribution >= 0.6 is 23.5 Å². The van der Waals surface area contributed by atoms with Crippen LogP contribution in [0.5, 0.6) is 5.75 Å². The number of carbonyl (C=O) groups is 1. The van der Waals surface area contributed by atoms with Crippen molar-refractivity contribution in [3.8, 4) is 22.6 Å². The molecular weight excluding hydrogens is 483 g/mol. The van der Waals surface area contributed by atoms with Crippen molar-refractivity contribution >= 4 is 29.4 Å².